The van der Waals surface area contributed by atoms with Crippen LogP contribution in [0.5, 0.6) is 0 Å². The summed E-state index contributed by atoms with van der Waals surface area (Å²) in [5.41, 5.74) is 5.57. The van der Waals surface area contributed by atoms with Crippen LogP contribution in [0.2, 0.25) is 0 Å². The highest BCUT2D eigenvalue weighted by molar-refractivity contribution is 5.28. The van der Waals surface area contributed by atoms with Gasteiger partial charge < -0.3 is 5.43 Å². The molecule has 1 N–H and O–H groups in total. The van der Waals surface area contributed by atoms with E-state index in [1.54, 1.807) is 0 Å². The van der Waals surface area contributed by atoms with E-state index in [1.165, 1.54) is 12.1 Å². The monoisotopic (exact) mass is 282 g/mol. The van der Waals surface area contributed by atoms with Gasteiger partial charge in [0.2, 0.25) is 0 Å². The van der Waals surface area contributed by atoms with Gasteiger partial charge in [-0.25, -0.2) is 0 Å². The number of alkyl halides is 3. The first kappa shape index (κ1) is 14.5. The van der Waals surface area contributed by atoms with Crippen molar-refractivity contribution < 1.29 is 13.2 Å². The van der Waals surface area contributed by atoms with Gasteiger partial charge in [-0.05, 0) is 50.6 Å². The summed E-state index contributed by atoms with van der Waals surface area (Å²) in [6.45, 7) is 5.86. The predicted octanol–water partition coefficient (Wildman–Crippen LogP) is 4.43. The zero-order valence-electron chi connectivity index (χ0n) is 11.6. The molecule has 108 valence electrons. The topological polar surface area (TPSA) is 17.0 Å². The smallest absolute Gasteiger partial charge is 0.319 e. The highest BCUT2D eigenvalue weighted by atomic mass is 19.4. The Morgan fingerprint density at radius 2 is 1.45 bits per heavy atom. The highest BCUT2D eigenvalue weighted by Gasteiger charge is 2.30. The van der Waals surface area contributed by atoms with Crippen LogP contribution in [0.15, 0.2) is 36.4 Å². The van der Waals surface area contributed by atoms with Crippen molar-refractivity contribution in [3.05, 3.63) is 58.9 Å². The maximum Gasteiger partial charge on any atom is 0.416 e. The van der Waals surface area contributed by atoms with Crippen LogP contribution in [0, 0.1) is 13.8 Å². The molecule has 0 aliphatic heterocycles. The summed E-state index contributed by atoms with van der Waals surface area (Å²) < 4.78 is 39.5. The minimum atomic E-state index is -4.29. The first-order chi connectivity index (χ1) is 9.29. The lowest BCUT2D eigenvalue weighted by Gasteiger charge is -2.20. The Balaban J connectivity index is 2.16. The molecule has 1 aromatic carbocycles. The molecule has 0 spiro atoms. The number of nitrogens with zero attached hydrogens (tertiary/aromatic N) is 1. The van der Waals surface area contributed by atoms with Gasteiger partial charge >= 0.3 is 6.18 Å². The van der Waals surface area contributed by atoms with Gasteiger partial charge in [-0.2, -0.15) is 13.2 Å². The molecule has 2 rings (SSSR count). The lowest BCUT2D eigenvalue weighted by Crippen LogP contribution is -2.21. The molecule has 0 aliphatic carbocycles. The third-order valence-electron chi connectivity index (χ3n) is 3.33. The molecule has 20 heavy (non-hydrogen) atoms. The lowest BCUT2D eigenvalue weighted by atomic mass is 10.1. The normalized spacial score (nSPS) is 13.3. The molecule has 0 radical (unpaired) electrons. The van der Waals surface area contributed by atoms with Crippen LogP contribution in [0.25, 0.3) is 0 Å². The SMILES string of the molecule is Cc1ccc(C)n1NC(C)c1ccc(C(F)(F)F)cc1. The molecule has 5 heteroatoms. The van der Waals surface area contributed by atoms with E-state index in [0.29, 0.717) is 0 Å². The molecule has 0 saturated carbocycles. The second kappa shape index (κ2) is 5.23. The summed E-state index contributed by atoms with van der Waals surface area (Å²) in [6, 6.07) is 9.14. The van der Waals surface area contributed by atoms with E-state index >= 15 is 0 Å². The Morgan fingerprint density at radius 3 is 1.90 bits per heavy atom. The van der Waals surface area contributed by atoms with Crippen molar-refractivity contribution in [3.8, 4) is 0 Å². The molecule has 1 aromatic heterocycles. The number of hydrogen-bond acceptors (Lipinski definition) is 1. The van der Waals surface area contributed by atoms with Crippen LogP contribution >= 0.6 is 0 Å². The first-order valence-corrected chi connectivity index (χ1v) is 6.37. The van der Waals surface area contributed by atoms with Gasteiger partial charge in [0.1, 0.15) is 0 Å². The largest absolute Gasteiger partial charge is 0.416 e. The van der Waals surface area contributed by atoms with E-state index in [9.17, 15) is 13.2 Å². The molecular formula is C15H17F3N2. The molecule has 1 atom stereocenters. The summed E-state index contributed by atoms with van der Waals surface area (Å²) in [7, 11) is 0. The van der Waals surface area contributed by atoms with Gasteiger partial charge in [-0.1, -0.05) is 12.1 Å². The van der Waals surface area contributed by atoms with Gasteiger partial charge in [0.05, 0.1) is 11.6 Å². The number of aromatic nitrogens is 1. The number of nitrogens with one attached hydrogen (secondary N) is 1. The van der Waals surface area contributed by atoms with Gasteiger partial charge in [-0.3, -0.25) is 4.68 Å². The average molecular weight is 282 g/mol. The lowest BCUT2D eigenvalue weighted by molar-refractivity contribution is -0.137. The van der Waals surface area contributed by atoms with Crippen molar-refractivity contribution in [2.24, 2.45) is 0 Å². The molecule has 2 aromatic rings. The third-order valence-corrected chi connectivity index (χ3v) is 3.33. The number of halogens is 3. The minimum Gasteiger partial charge on any atom is -0.319 e. The predicted molar refractivity (Wildman–Crippen MR) is 73.1 cm³/mol. The van der Waals surface area contributed by atoms with Crippen LogP contribution in [0.3, 0.4) is 0 Å². The molecule has 0 saturated heterocycles. The Morgan fingerprint density at radius 1 is 0.950 bits per heavy atom. The van der Waals surface area contributed by atoms with E-state index < -0.39 is 11.7 Å². The van der Waals surface area contributed by atoms with E-state index in [4.69, 9.17) is 0 Å². The number of benzene rings is 1. The van der Waals surface area contributed by atoms with E-state index in [1.807, 2.05) is 37.6 Å². The standard InChI is InChI=1S/C15H17F3N2/c1-10-4-5-11(2)20(10)19-12(3)13-6-8-14(9-7-13)15(16,17)18/h4-9,12,19H,1-3H3. The van der Waals surface area contributed by atoms with Gasteiger partial charge in [0.25, 0.3) is 0 Å². The molecule has 0 fully saturated rings. The fourth-order valence-corrected chi connectivity index (χ4v) is 2.10. The maximum absolute atomic E-state index is 12.5. The first-order valence-electron chi connectivity index (χ1n) is 6.37. The summed E-state index contributed by atoms with van der Waals surface area (Å²) in [4.78, 5) is 0. The van der Waals surface area contributed by atoms with Crippen LogP contribution in [0.4, 0.5) is 13.2 Å². The molecular weight excluding hydrogens is 265 g/mol. The minimum absolute atomic E-state index is 0.0814. The molecule has 0 amide bonds. The molecule has 0 bridgehead atoms. The van der Waals surface area contributed by atoms with E-state index in [2.05, 4.69) is 5.43 Å². The Labute approximate surface area is 116 Å². The third kappa shape index (κ3) is 2.98. The Kier molecular flexibility index (Phi) is 3.79. The van der Waals surface area contributed by atoms with Crippen molar-refractivity contribution in [2.75, 3.05) is 5.43 Å². The molecule has 2 nitrogen and oxygen atoms in total. The fraction of sp³-hybridized carbons (Fsp3) is 0.333. The Hall–Kier alpha value is -1.91. The molecule has 1 unspecified atom stereocenters. The summed E-state index contributed by atoms with van der Waals surface area (Å²) >= 11 is 0. The quantitative estimate of drug-likeness (QED) is 0.881. The van der Waals surface area contributed by atoms with E-state index in [-0.39, 0.29) is 6.04 Å². The highest BCUT2D eigenvalue weighted by Crippen LogP contribution is 2.30. The number of rotatable bonds is 3. The van der Waals surface area contributed by atoms with Crippen LogP contribution in [-0.2, 0) is 6.18 Å². The zero-order valence-corrected chi connectivity index (χ0v) is 11.6. The number of aryl methyl sites for hydroxylation is 2. The van der Waals surface area contributed by atoms with Crippen molar-refractivity contribution in [3.63, 3.8) is 0 Å². The molecule has 1 heterocycles. The Bertz CT molecular complexity index is 563. The second-order valence-corrected chi connectivity index (χ2v) is 4.92. The van der Waals surface area contributed by atoms with Crippen molar-refractivity contribution in [1.29, 1.82) is 0 Å². The number of hydrogen-bond donors (Lipinski definition) is 1. The summed E-state index contributed by atoms with van der Waals surface area (Å²) in [5, 5.41) is 0. The van der Waals surface area contributed by atoms with Crippen LogP contribution in [-0.4, -0.2) is 4.68 Å². The van der Waals surface area contributed by atoms with E-state index in [0.717, 1.165) is 29.1 Å². The second-order valence-electron chi connectivity index (χ2n) is 4.92. The van der Waals surface area contributed by atoms with Crippen LogP contribution in [0.1, 0.15) is 35.5 Å². The average Bonchev–Trinajstić information content (AvgIpc) is 2.69. The van der Waals surface area contributed by atoms with Crippen molar-refractivity contribution in [1.82, 2.24) is 4.68 Å². The van der Waals surface area contributed by atoms with Crippen molar-refractivity contribution in [2.45, 2.75) is 33.0 Å². The summed E-state index contributed by atoms with van der Waals surface area (Å²) in [5.74, 6) is 0. The van der Waals surface area contributed by atoms with Crippen molar-refractivity contribution >= 4 is 0 Å². The fourth-order valence-electron chi connectivity index (χ4n) is 2.10. The molecule has 0 aliphatic rings. The van der Waals surface area contributed by atoms with Gasteiger partial charge in [0, 0.05) is 11.4 Å². The van der Waals surface area contributed by atoms with Gasteiger partial charge in [0.15, 0.2) is 0 Å². The summed E-state index contributed by atoms with van der Waals surface area (Å²) in [6.07, 6.45) is -4.29. The zero-order chi connectivity index (χ0) is 14.9. The maximum atomic E-state index is 12.5. The van der Waals surface area contributed by atoms with Crippen LogP contribution < -0.4 is 5.43 Å². The van der Waals surface area contributed by atoms with Gasteiger partial charge in [-0.15, -0.1) is 0 Å².